The number of carbonyl (C=O) groups excluding carboxylic acids is 2. The van der Waals surface area contributed by atoms with Crippen molar-refractivity contribution >= 4 is 34.7 Å². The summed E-state index contributed by atoms with van der Waals surface area (Å²) in [5.41, 5.74) is -0.399. The molecule has 0 unspecified atom stereocenters. The van der Waals surface area contributed by atoms with Gasteiger partial charge in [0.15, 0.2) is 5.65 Å². The second-order valence-corrected chi connectivity index (χ2v) is 6.00. The number of ether oxygens (including phenoxy) is 2. The van der Waals surface area contributed by atoms with Crippen molar-refractivity contribution in [3.63, 3.8) is 0 Å². The average Bonchev–Trinajstić information content (AvgIpc) is 2.75. The van der Waals surface area contributed by atoms with Gasteiger partial charge in [-0.25, -0.2) is 19.1 Å². The van der Waals surface area contributed by atoms with Crippen molar-refractivity contribution in [1.29, 1.82) is 0 Å². The zero-order valence-corrected chi connectivity index (χ0v) is 13.6. The SMILES string of the molecule is CCOC(=O)c1cc2ccc(Cl)nc2n1C(=O)OC(C)(C)C. The number of rotatable bonds is 2. The fourth-order valence-corrected chi connectivity index (χ4v) is 2.04. The maximum absolute atomic E-state index is 12.4. The molecule has 2 aromatic rings. The van der Waals surface area contributed by atoms with Crippen molar-refractivity contribution in [1.82, 2.24) is 9.55 Å². The van der Waals surface area contributed by atoms with Crippen molar-refractivity contribution in [3.05, 3.63) is 29.0 Å². The Kier molecular flexibility index (Phi) is 4.42. The van der Waals surface area contributed by atoms with Gasteiger partial charge in [0, 0.05) is 5.39 Å². The Morgan fingerprint density at radius 1 is 1.32 bits per heavy atom. The molecule has 22 heavy (non-hydrogen) atoms. The Bertz CT molecular complexity index is 731. The smallest absolute Gasteiger partial charge is 0.420 e. The molecule has 2 rings (SSSR count). The largest absolute Gasteiger partial charge is 0.461 e. The van der Waals surface area contributed by atoms with E-state index in [-0.39, 0.29) is 23.1 Å². The van der Waals surface area contributed by atoms with E-state index in [0.29, 0.717) is 5.39 Å². The number of esters is 1. The highest BCUT2D eigenvalue weighted by Crippen LogP contribution is 2.23. The fourth-order valence-electron chi connectivity index (χ4n) is 1.90. The van der Waals surface area contributed by atoms with Gasteiger partial charge in [0.05, 0.1) is 6.61 Å². The summed E-state index contributed by atoms with van der Waals surface area (Å²) < 4.78 is 11.4. The van der Waals surface area contributed by atoms with E-state index in [1.165, 1.54) is 6.07 Å². The first-order chi connectivity index (χ1) is 10.2. The summed E-state index contributed by atoms with van der Waals surface area (Å²) in [4.78, 5) is 28.6. The van der Waals surface area contributed by atoms with Crippen LogP contribution >= 0.6 is 11.6 Å². The van der Waals surface area contributed by atoms with E-state index in [1.807, 2.05) is 0 Å². The molecule has 7 heteroatoms. The molecular formula is C15H17ClN2O4. The quantitative estimate of drug-likeness (QED) is 0.623. The van der Waals surface area contributed by atoms with E-state index < -0.39 is 17.7 Å². The number of fused-ring (bicyclic) bond motifs is 1. The highest BCUT2D eigenvalue weighted by atomic mass is 35.5. The molecule has 0 aliphatic carbocycles. The Morgan fingerprint density at radius 3 is 2.59 bits per heavy atom. The maximum Gasteiger partial charge on any atom is 0.420 e. The Morgan fingerprint density at radius 2 is 2.00 bits per heavy atom. The normalized spacial score (nSPS) is 11.5. The summed E-state index contributed by atoms with van der Waals surface area (Å²) in [7, 11) is 0. The van der Waals surface area contributed by atoms with Crippen LogP contribution in [-0.4, -0.2) is 33.8 Å². The highest BCUT2D eigenvalue weighted by molar-refractivity contribution is 6.29. The van der Waals surface area contributed by atoms with Crippen LogP contribution < -0.4 is 0 Å². The molecule has 0 atom stereocenters. The van der Waals surface area contributed by atoms with Gasteiger partial charge in [0.2, 0.25) is 0 Å². The van der Waals surface area contributed by atoms with Crippen molar-refractivity contribution < 1.29 is 19.1 Å². The van der Waals surface area contributed by atoms with E-state index in [2.05, 4.69) is 4.98 Å². The monoisotopic (exact) mass is 324 g/mol. The third-order valence-corrected chi connectivity index (χ3v) is 2.89. The lowest BCUT2D eigenvalue weighted by molar-refractivity contribution is 0.0453. The second kappa shape index (κ2) is 5.96. The molecule has 0 bridgehead atoms. The predicted octanol–water partition coefficient (Wildman–Crippen LogP) is 3.65. The minimum Gasteiger partial charge on any atom is -0.461 e. The van der Waals surface area contributed by atoms with Crippen molar-refractivity contribution in [3.8, 4) is 0 Å². The van der Waals surface area contributed by atoms with Crippen LogP contribution in [0.3, 0.4) is 0 Å². The van der Waals surface area contributed by atoms with Crippen LogP contribution in [-0.2, 0) is 9.47 Å². The first kappa shape index (κ1) is 16.3. The Hall–Kier alpha value is -2.08. The molecule has 2 heterocycles. The first-order valence-corrected chi connectivity index (χ1v) is 7.19. The van der Waals surface area contributed by atoms with Gasteiger partial charge in [-0.1, -0.05) is 11.6 Å². The molecule has 0 amide bonds. The summed E-state index contributed by atoms with van der Waals surface area (Å²) in [6, 6.07) is 4.78. The molecule has 0 fully saturated rings. The zero-order chi connectivity index (χ0) is 16.5. The number of hydrogen-bond acceptors (Lipinski definition) is 5. The van der Waals surface area contributed by atoms with Gasteiger partial charge in [-0.2, -0.15) is 0 Å². The molecule has 0 aliphatic heterocycles. The molecule has 0 aliphatic rings. The topological polar surface area (TPSA) is 70.4 Å². The number of aromatic nitrogens is 2. The van der Waals surface area contributed by atoms with Gasteiger partial charge < -0.3 is 9.47 Å². The molecule has 0 N–H and O–H groups in total. The van der Waals surface area contributed by atoms with Crippen LogP contribution in [0.2, 0.25) is 5.15 Å². The lowest BCUT2D eigenvalue weighted by atomic mass is 10.2. The standard InChI is InChI=1S/C15H17ClN2O4/c1-5-21-13(19)10-8-9-6-7-11(16)17-12(9)18(10)14(20)22-15(2,3)4/h6-8H,5H2,1-4H3. The molecular weight excluding hydrogens is 308 g/mol. The molecule has 6 nitrogen and oxygen atoms in total. The molecule has 0 spiro atoms. The predicted molar refractivity (Wildman–Crippen MR) is 82.3 cm³/mol. The average molecular weight is 325 g/mol. The third-order valence-electron chi connectivity index (χ3n) is 2.68. The second-order valence-electron chi connectivity index (χ2n) is 5.61. The van der Waals surface area contributed by atoms with Crippen LogP contribution in [0.15, 0.2) is 18.2 Å². The summed E-state index contributed by atoms with van der Waals surface area (Å²) in [6.07, 6.45) is -0.708. The molecule has 118 valence electrons. The number of halogens is 1. The lowest BCUT2D eigenvalue weighted by Gasteiger charge is -2.20. The van der Waals surface area contributed by atoms with E-state index in [0.717, 1.165) is 4.57 Å². The Labute approximate surface area is 133 Å². The fraction of sp³-hybridized carbons (Fsp3) is 0.400. The summed E-state index contributed by atoms with van der Waals surface area (Å²) in [6.45, 7) is 7.10. The van der Waals surface area contributed by atoms with E-state index in [4.69, 9.17) is 21.1 Å². The van der Waals surface area contributed by atoms with Crippen LogP contribution in [0.4, 0.5) is 4.79 Å². The van der Waals surface area contributed by atoms with Gasteiger partial charge in [-0.3, -0.25) is 0 Å². The zero-order valence-electron chi connectivity index (χ0n) is 12.8. The maximum atomic E-state index is 12.4. The minimum atomic E-state index is -0.710. The minimum absolute atomic E-state index is 0.0564. The highest BCUT2D eigenvalue weighted by Gasteiger charge is 2.26. The third kappa shape index (κ3) is 3.39. The van der Waals surface area contributed by atoms with Crippen LogP contribution in [0.25, 0.3) is 11.0 Å². The van der Waals surface area contributed by atoms with Crippen LogP contribution in [0.5, 0.6) is 0 Å². The van der Waals surface area contributed by atoms with E-state index in [9.17, 15) is 9.59 Å². The lowest BCUT2D eigenvalue weighted by Crippen LogP contribution is -2.29. The number of pyridine rings is 1. The number of hydrogen-bond donors (Lipinski definition) is 0. The van der Waals surface area contributed by atoms with Gasteiger partial charge in [0.25, 0.3) is 0 Å². The first-order valence-electron chi connectivity index (χ1n) is 6.81. The van der Waals surface area contributed by atoms with Crippen molar-refractivity contribution in [2.24, 2.45) is 0 Å². The van der Waals surface area contributed by atoms with Crippen LogP contribution in [0, 0.1) is 0 Å². The summed E-state index contributed by atoms with van der Waals surface area (Å²) in [5.74, 6) is -0.623. The van der Waals surface area contributed by atoms with Gasteiger partial charge in [-0.15, -0.1) is 0 Å². The Balaban J connectivity index is 2.61. The summed E-state index contributed by atoms with van der Waals surface area (Å²) >= 11 is 5.89. The van der Waals surface area contributed by atoms with E-state index in [1.54, 1.807) is 39.8 Å². The molecule has 0 saturated carbocycles. The van der Waals surface area contributed by atoms with Crippen LogP contribution in [0.1, 0.15) is 38.2 Å². The van der Waals surface area contributed by atoms with Crippen molar-refractivity contribution in [2.75, 3.05) is 6.61 Å². The molecule has 2 aromatic heterocycles. The number of nitrogens with zero attached hydrogens (tertiary/aromatic N) is 2. The van der Waals surface area contributed by atoms with Crippen molar-refractivity contribution in [2.45, 2.75) is 33.3 Å². The molecule has 0 radical (unpaired) electrons. The van der Waals surface area contributed by atoms with Gasteiger partial charge in [-0.05, 0) is 45.9 Å². The van der Waals surface area contributed by atoms with E-state index >= 15 is 0 Å². The molecule has 0 aromatic carbocycles. The van der Waals surface area contributed by atoms with Gasteiger partial charge in [0.1, 0.15) is 16.4 Å². The molecule has 0 saturated heterocycles. The van der Waals surface area contributed by atoms with Gasteiger partial charge >= 0.3 is 12.1 Å². The number of carbonyl (C=O) groups is 2. The summed E-state index contributed by atoms with van der Waals surface area (Å²) in [5, 5.41) is 0.809.